The highest BCUT2D eigenvalue weighted by Gasteiger charge is 2.23. The normalized spacial score (nSPS) is 11.4. The molecule has 0 bridgehead atoms. The molecule has 4 aromatic carbocycles. The Morgan fingerprint density at radius 3 is 1.05 bits per heavy atom. The number of hydrogen-bond acceptors (Lipinski definition) is 4. The van der Waals surface area contributed by atoms with E-state index in [4.69, 9.17) is 48.0 Å². The van der Waals surface area contributed by atoms with Crippen molar-refractivity contribution < 1.29 is 48.0 Å². The second-order valence-electron chi connectivity index (χ2n) is 10.4. The van der Waals surface area contributed by atoms with Gasteiger partial charge in [-0.25, -0.2) is 9.13 Å². The maximum atomic E-state index is 8.88. The average Bonchev–Trinajstić information content (AvgIpc) is 2.86. The smallest absolute Gasteiger partial charge is 0.457 e. The lowest BCUT2D eigenvalue weighted by Gasteiger charge is -2.26. The zero-order chi connectivity index (χ0) is 32.6. The molecule has 0 aliphatic carbocycles. The summed E-state index contributed by atoms with van der Waals surface area (Å²) in [6, 6.07) is 29.3. The molecule has 0 aliphatic heterocycles. The van der Waals surface area contributed by atoms with E-state index in [0.29, 0.717) is 0 Å². The van der Waals surface area contributed by atoms with Gasteiger partial charge in [0.05, 0.1) is 0 Å². The van der Waals surface area contributed by atoms with Crippen LogP contribution in [0, 0.1) is 27.7 Å². The standard InChI is InChI=1S/C31H32O2.2H3O4P/c1-21-7-17-29(23(3)19-21)32-27-13-9-25(10-14-27)31(5,6)26-11-15-28(16-12-26)33-30-18-8-22(2)20-24(30)4;2*1-5(2,3)4/h7-20H,1-6H3;2*(H3,1,2,3,4). The van der Waals surface area contributed by atoms with E-state index in [1.165, 1.54) is 22.3 Å². The zero-order valence-corrected chi connectivity index (χ0v) is 26.6. The molecule has 0 spiro atoms. The summed E-state index contributed by atoms with van der Waals surface area (Å²) in [7, 11) is -9.28. The first-order valence-electron chi connectivity index (χ1n) is 13.0. The minimum absolute atomic E-state index is 0.142. The first-order valence-corrected chi connectivity index (χ1v) is 16.1. The molecule has 0 heterocycles. The van der Waals surface area contributed by atoms with E-state index < -0.39 is 15.6 Å². The highest BCUT2D eigenvalue weighted by atomic mass is 31.2. The van der Waals surface area contributed by atoms with Gasteiger partial charge in [0.2, 0.25) is 0 Å². The van der Waals surface area contributed by atoms with Crippen LogP contribution in [0.1, 0.15) is 47.2 Å². The molecular formula is C31H38O10P2. The Hall–Kier alpha value is -3.30. The fourth-order valence-corrected chi connectivity index (χ4v) is 4.13. The van der Waals surface area contributed by atoms with Crippen LogP contribution < -0.4 is 9.47 Å². The predicted molar refractivity (Wildman–Crippen MR) is 166 cm³/mol. The Morgan fingerprint density at radius 2 is 0.791 bits per heavy atom. The second kappa shape index (κ2) is 14.9. The summed E-state index contributed by atoms with van der Waals surface area (Å²) in [6.07, 6.45) is 0. The van der Waals surface area contributed by atoms with E-state index in [-0.39, 0.29) is 5.41 Å². The summed E-state index contributed by atoms with van der Waals surface area (Å²) in [4.78, 5) is 43.1. The SMILES string of the molecule is Cc1ccc(Oc2ccc(C(C)(C)c3ccc(Oc4ccc(C)cc4C)cc3)cc2)c(C)c1.O=P(O)(O)O.O=P(O)(O)O. The summed E-state index contributed by atoms with van der Waals surface area (Å²) < 4.78 is 30.0. The van der Waals surface area contributed by atoms with Gasteiger partial charge in [-0.1, -0.05) is 73.5 Å². The summed E-state index contributed by atoms with van der Waals surface area (Å²) in [5, 5.41) is 0. The van der Waals surface area contributed by atoms with Crippen LogP contribution in [0.25, 0.3) is 0 Å². The molecule has 0 saturated carbocycles. The van der Waals surface area contributed by atoms with Gasteiger partial charge in [0.25, 0.3) is 0 Å². The quantitative estimate of drug-likeness (QED) is 0.122. The lowest BCUT2D eigenvalue weighted by Crippen LogP contribution is -2.18. The summed E-state index contributed by atoms with van der Waals surface area (Å²) in [5.41, 5.74) is 7.09. The van der Waals surface area contributed by atoms with Gasteiger partial charge in [-0.05, 0) is 86.3 Å². The van der Waals surface area contributed by atoms with Gasteiger partial charge in [-0.15, -0.1) is 0 Å². The van der Waals surface area contributed by atoms with E-state index in [2.05, 4.69) is 90.1 Å². The minimum atomic E-state index is -4.64. The molecule has 0 atom stereocenters. The fourth-order valence-electron chi connectivity index (χ4n) is 4.13. The van der Waals surface area contributed by atoms with Crippen LogP contribution in [-0.2, 0) is 14.5 Å². The predicted octanol–water partition coefficient (Wildman–Crippen LogP) is 6.97. The molecule has 0 amide bonds. The van der Waals surface area contributed by atoms with Crippen molar-refractivity contribution in [3.8, 4) is 23.0 Å². The first kappa shape index (κ1) is 35.9. The molecule has 10 nitrogen and oxygen atoms in total. The van der Waals surface area contributed by atoms with E-state index in [9.17, 15) is 0 Å². The Bertz CT molecular complexity index is 1450. The van der Waals surface area contributed by atoms with Crippen molar-refractivity contribution in [1.82, 2.24) is 0 Å². The van der Waals surface area contributed by atoms with Crippen molar-refractivity contribution in [2.24, 2.45) is 0 Å². The third-order valence-electron chi connectivity index (χ3n) is 6.27. The summed E-state index contributed by atoms with van der Waals surface area (Å²) in [5.74, 6) is 3.48. The van der Waals surface area contributed by atoms with Gasteiger partial charge in [-0.2, -0.15) is 0 Å². The minimum Gasteiger partial charge on any atom is -0.457 e. The average molecular weight is 633 g/mol. The molecular weight excluding hydrogens is 594 g/mol. The second-order valence-corrected chi connectivity index (χ2v) is 12.5. The van der Waals surface area contributed by atoms with Crippen LogP contribution in [0.15, 0.2) is 84.9 Å². The van der Waals surface area contributed by atoms with Crippen molar-refractivity contribution in [1.29, 1.82) is 0 Å². The van der Waals surface area contributed by atoms with Crippen molar-refractivity contribution in [3.63, 3.8) is 0 Å². The molecule has 0 aromatic heterocycles. The third kappa shape index (κ3) is 13.3. The van der Waals surface area contributed by atoms with E-state index in [1.54, 1.807) is 0 Å². The monoisotopic (exact) mass is 632 g/mol. The maximum Gasteiger partial charge on any atom is 0.466 e. The van der Waals surface area contributed by atoms with Crippen molar-refractivity contribution in [2.45, 2.75) is 47.0 Å². The largest absolute Gasteiger partial charge is 0.466 e. The Morgan fingerprint density at radius 1 is 0.512 bits per heavy atom. The molecule has 43 heavy (non-hydrogen) atoms. The van der Waals surface area contributed by atoms with Crippen molar-refractivity contribution >= 4 is 15.6 Å². The van der Waals surface area contributed by atoms with Crippen LogP contribution in [0.5, 0.6) is 23.0 Å². The van der Waals surface area contributed by atoms with Crippen LogP contribution >= 0.6 is 15.6 Å². The Kier molecular flexibility index (Phi) is 12.5. The van der Waals surface area contributed by atoms with Crippen LogP contribution in [0.2, 0.25) is 0 Å². The first-order chi connectivity index (χ1) is 19.7. The summed E-state index contributed by atoms with van der Waals surface area (Å²) >= 11 is 0. The Balaban J connectivity index is 0.000000559. The number of benzene rings is 4. The molecule has 0 fully saturated rings. The van der Waals surface area contributed by atoms with E-state index >= 15 is 0 Å². The molecule has 12 heteroatoms. The van der Waals surface area contributed by atoms with Crippen molar-refractivity contribution in [3.05, 3.63) is 118 Å². The van der Waals surface area contributed by atoms with Gasteiger partial charge in [0.15, 0.2) is 0 Å². The lowest BCUT2D eigenvalue weighted by atomic mass is 9.78. The maximum absolute atomic E-state index is 8.88. The Labute approximate surface area is 251 Å². The molecule has 4 aromatic rings. The van der Waals surface area contributed by atoms with Gasteiger partial charge in [0, 0.05) is 5.41 Å². The molecule has 6 N–H and O–H groups in total. The highest BCUT2D eigenvalue weighted by Crippen LogP contribution is 2.35. The topological polar surface area (TPSA) is 174 Å². The third-order valence-corrected chi connectivity index (χ3v) is 6.27. The number of hydrogen-bond donors (Lipinski definition) is 6. The van der Waals surface area contributed by atoms with Gasteiger partial charge in [-0.3, -0.25) is 0 Å². The van der Waals surface area contributed by atoms with Gasteiger partial charge < -0.3 is 38.8 Å². The molecule has 4 rings (SSSR count). The lowest BCUT2D eigenvalue weighted by molar-refractivity contribution is 0.272. The molecule has 232 valence electrons. The fraction of sp³-hybridized carbons (Fsp3) is 0.226. The number of rotatable bonds is 6. The van der Waals surface area contributed by atoms with Crippen LogP contribution in [0.3, 0.4) is 0 Å². The van der Waals surface area contributed by atoms with Crippen LogP contribution in [-0.4, -0.2) is 29.4 Å². The zero-order valence-electron chi connectivity index (χ0n) is 24.8. The highest BCUT2D eigenvalue weighted by molar-refractivity contribution is 7.45. The number of ether oxygens (including phenoxy) is 2. The van der Waals surface area contributed by atoms with Crippen LogP contribution in [0.4, 0.5) is 0 Å². The van der Waals surface area contributed by atoms with Crippen molar-refractivity contribution in [2.75, 3.05) is 0 Å². The van der Waals surface area contributed by atoms with E-state index in [1.807, 2.05) is 36.4 Å². The van der Waals surface area contributed by atoms with E-state index in [0.717, 1.165) is 34.1 Å². The number of aryl methyl sites for hydroxylation is 4. The molecule has 0 saturated heterocycles. The number of phosphoric acid groups is 2. The van der Waals surface area contributed by atoms with Gasteiger partial charge >= 0.3 is 15.6 Å². The summed E-state index contributed by atoms with van der Waals surface area (Å²) in [6.45, 7) is 12.8. The van der Waals surface area contributed by atoms with Gasteiger partial charge in [0.1, 0.15) is 23.0 Å². The molecule has 0 radical (unpaired) electrons. The molecule has 0 aliphatic rings. The molecule has 0 unspecified atom stereocenters.